The highest BCUT2D eigenvalue weighted by Gasteiger charge is 2.03. The van der Waals surface area contributed by atoms with Crippen molar-refractivity contribution >= 4 is 22.1 Å². The molecule has 0 aliphatic heterocycles. The minimum atomic E-state index is 0.731. The predicted molar refractivity (Wildman–Crippen MR) is 77.7 cm³/mol. The van der Waals surface area contributed by atoms with Gasteiger partial charge in [0.2, 0.25) is 0 Å². The number of anilines is 2. The standard InChI is InChI=1S/C15H14N4/c16-14-3-4-15(12-5-7-18-10-13(12)14)19-9-11-2-1-6-17-8-11/h1-8,10,19H,9,16H2. The molecular formula is C15H14N4. The minimum absolute atomic E-state index is 0.731. The SMILES string of the molecule is Nc1ccc(NCc2cccnc2)c2ccncc12. The third-order valence-corrected chi connectivity index (χ3v) is 3.06. The molecule has 94 valence electrons. The molecule has 19 heavy (non-hydrogen) atoms. The number of pyridine rings is 2. The second kappa shape index (κ2) is 4.94. The number of nitrogens with zero attached hydrogens (tertiary/aromatic N) is 2. The molecule has 3 aromatic rings. The highest BCUT2D eigenvalue weighted by Crippen LogP contribution is 2.27. The Hall–Kier alpha value is -2.62. The largest absolute Gasteiger partial charge is 0.398 e. The Balaban J connectivity index is 1.91. The molecule has 0 amide bonds. The zero-order chi connectivity index (χ0) is 13.1. The molecule has 0 unspecified atom stereocenters. The highest BCUT2D eigenvalue weighted by atomic mass is 14.9. The van der Waals surface area contributed by atoms with Gasteiger partial charge >= 0.3 is 0 Å². The molecule has 0 aliphatic carbocycles. The number of nitrogens with two attached hydrogens (primary N) is 1. The molecule has 0 spiro atoms. The molecule has 0 radical (unpaired) electrons. The summed E-state index contributed by atoms with van der Waals surface area (Å²) >= 11 is 0. The molecular weight excluding hydrogens is 236 g/mol. The first-order chi connectivity index (χ1) is 9.34. The summed E-state index contributed by atoms with van der Waals surface area (Å²) in [5, 5.41) is 5.46. The van der Waals surface area contributed by atoms with E-state index in [-0.39, 0.29) is 0 Å². The smallest absolute Gasteiger partial charge is 0.0425 e. The van der Waals surface area contributed by atoms with Crippen molar-refractivity contribution in [3.63, 3.8) is 0 Å². The number of hydrogen-bond acceptors (Lipinski definition) is 4. The van der Waals surface area contributed by atoms with Crippen molar-refractivity contribution in [1.82, 2.24) is 9.97 Å². The molecule has 1 aromatic carbocycles. The summed E-state index contributed by atoms with van der Waals surface area (Å²) < 4.78 is 0. The van der Waals surface area contributed by atoms with E-state index in [1.54, 1.807) is 18.6 Å². The second-order valence-corrected chi connectivity index (χ2v) is 4.34. The minimum Gasteiger partial charge on any atom is -0.398 e. The Kier molecular flexibility index (Phi) is 2.98. The molecule has 3 N–H and O–H groups in total. The summed E-state index contributed by atoms with van der Waals surface area (Å²) in [5.74, 6) is 0. The summed E-state index contributed by atoms with van der Waals surface area (Å²) in [7, 11) is 0. The summed E-state index contributed by atoms with van der Waals surface area (Å²) in [6, 6.07) is 9.84. The van der Waals surface area contributed by atoms with E-state index in [0.29, 0.717) is 0 Å². The second-order valence-electron chi connectivity index (χ2n) is 4.34. The Labute approximate surface area is 111 Å². The van der Waals surface area contributed by atoms with Crippen molar-refractivity contribution in [1.29, 1.82) is 0 Å². The van der Waals surface area contributed by atoms with Crippen molar-refractivity contribution in [3.05, 3.63) is 60.7 Å². The maximum absolute atomic E-state index is 5.95. The molecule has 0 aliphatic rings. The van der Waals surface area contributed by atoms with Crippen molar-refractivity contribution in [2.45, 2.75) is 6.54 Å². The lowest BCUT2D eigenvalue weighted by Crippen LogP contribution is -2.01. The van der Waals surface area contributed by atoms with Gasteiger partial charge in [0.1, 0.15) is 0 Å². The molecule has 2 aromatic heterocycles. The zero-order valence-electron chi connectivity index (χ0n) is 10.4. The van der Waals surface area contributed by atoms with Gasteiger partial charge in [-0.3, -0.25) is 9.97 Å². The van der Waals surface area contributed by atoms with E-state index in [4.69, 9.17) is 5.73 Å². The molecule has 4 heteroatoms. The Morgan fingerprint density at radius 3 is 2.68 bits per heavy atom. The summed E-state index contributed by atoms with van der Waals surface area (Å²) in [6.45, 7) is 0.731. The van der Waals surface area contributed by atoms with Crippen LogP contribution in [0.25, 0.3) is 10.8 Å². The topological polar surface area (TPSA) is 63.8 Å². The van der Waals surface area contributed by atoms with Crippen LogP contribution in [0.3, 0.4) is 0 Å². The number of nitrogens with one attached hydrogen (secondary N) is 1. The van der Waals surface area contributed by atoms with Crippen LogP contribution in [0.4, 0.5) is 11.4 Å². The van der Waals surface area contributed by atoms with Crippen molar-refractivity contribution in [3.8, 4) is 0 Å². The molecule has 2 heterocycles. The quantitative estimate of drug-likeness (QED) is 0.702. The van der Waals surface area contributed by atoms with Gasteiger partial charge in [-0.05, 0) is 29.8 Å². The van der Waals surface area contributed by atoms with E-state index in [1.807, 2.05) is 36.5 Å². The lowest BCUT2D eigenvalue weighted by molar-refractivity contribution is 1.12. The van der Waals surface area contributed by atoms with E-state index >= 15 is 0 Å². The summed E-state index contributed by atoms with van der Waals surface area (Å²) in [5.41, 5.74) is 8.89. The van der Waals surface area contributed by atoms with Crippen LogP contribution in [0.15, 0.2) is 55.1 Å². The maximum atomic E-state index is 5.95. The first kappa shape index (κ1) is 11.5. The summed E-state index contributed by atoms with van der Waals surface area (Å²) in [6.07, 6.45) is 7.19. The zero-order valence-corrected chi connectivity index (χ0v) is 10.4. The van der Waals surface area contributed by atoms with E-state index < -0.39 is 0 Å². The Bertz CT molecular complexity index is 695. The fraction of sp³-hybridized carbons (Fsp3) is 0.0667. The summed E-state index contributed by atoms with van der Waals surface area (Å²) in [4.78, 5) is 8.22. The number of benzene rings is 1. The fourth-order valence-corrected chi connectivity index (χ4v) is 2.07. The van der Waals surface area contributed by atoms with Crippen molar-refractivity contribution in [2.24, 2.45) is 0 Å². The van der Waals surface area contributed by atoms with Crippen LogP contribution in [0.2, 0.25) is 0 Å². The van der Waals surface area contributed by atoms with Crippen LogP contribution >= 0.6 is 0 Å². The van der Waals surface area contributed by atoms with E-state index in [9.17, 15) is 0 Å². The maximum Gasteiger partial charge on any atom is 0.0425 e. The monoisotopic (exact) mass is 250 g/mol. The lowest BCUT2D eigenvalue weighted by atomic mass is 10.1. The van der Waals surface area contributed by atoms with E-state index in [0.717, 1.165) is 34.3 Å². The lowest BCUT2D eigenvalue weighted by Gasteiger charge is -2.11. The van der Waals surface area contributed by atoms with Crippen LogP contribution in [-0.4, -0.2) is 9.97 Å². The third kappa shape index (κ3) is 2.33. The normalized spacial score (nSPS) is 10.5. The number of fused-ring (bicyclic) bond motifs is 1. The molecule has 0 saturated carbocycles. The fourth-order valence-electron chi connectivity index (χ4n) is 2.07. The van der Waals surface area contributed by atoms with Crippen LogP contribution in [-0.2, 0) is 6.54 Å². The van der Waals surface area contributed by atoms with Gasteiger partial charge < -0.3 is 11.1 Å². The average Bonchev–Trinajstić information content (AvgIpc) is 2.48. The molecule has 0 saturated heterocycles. The number of hydrogen-bond donors (Lipinski definition) is 2. The number of aromatic nitrogens is 2. The predicted octanol–water partition coefficient (Wildman–Crippen LogP) is 2.82. The van der Waals surface area contributed by atoms with Gasteiger partial charge in [0.25, 0.3) is 0 Å². The van der Waals surface area contributed by atoms with Gasteiger partial charge in [0, 0.05) is 53.5 Å². The third-order valence-electron chi connectivity index (χ3n) is 3.06. The first-order valence-electron chi connectivity index (χ1n) is 6.09. The van der Waals surface area contributed by atoms with Crippen LogP contribution < -0.4 is 11.1 Å². The first-order valence-corrected chi connectivity index (χ1v) is 6.09. The Morgan fingerprint density at radius 1 is 0.947 bits per heavy atom. The number of nitrogen functional groups attached to an aromatic ring is 1. The Morgan fingerprint density at radius 2 is 1.84 bits per heavy atom. The molecule has 0 fully saturated rings. The van der Waals surface area contributed by atoms with E-state index in [1.165, 1.54) is 0 Å². The van der Waals surface area contributed by atoms with Crippen molar-refractivity contribution in [2.75, 3.05) is 11.1 Å². The highest BCUT2D eigenvalue weighted by molar-refractivity contribution is 6.00. The van der Waals surface area contributed by atoms with Crippen molar-refractivity contribution < 1.29 is 0 Å². The average molecular weight is 250 g/mol. The van der Waals surface area contributed by atoms with Crippen LogP contribution in [0.5, 0.6) is 0 Å². The van der Waals surface area contributed by atoms with Gasteiger partial charge in [0.15, 0.2) is 0 Å². The van der Waals surface area contributed by atoms with E-state index in [2.05, 4.69) is 15.3 Å². The number of rotatable bonds is 3. The molecule has 4 nitrogen and oxygen atoms in total. The van der Waals surface area contributed by atoms with Gasteiger partial charge in [-0.1, -0.05) is 6.07 Å². The van der Waals surface area contributed by atoms with Crippen LogP contribution in [0, 0.1) is 0 Å². The molecule has 0 bridgehead atoms. The van der Waals surface area contributed by atoms with Crippen LogP contribution in [0.1, 0.15) is 5.56 Å². The molecule has 0 atom stereocenters. The molecule has 3 rings (SSSR count). The van der Waals surface area contributed by atoms with Gasteiger partial charge in [-0.15, -0.1) is 0 Å². The van der Waals surface area contributed by atoms with Gasteiger partial charge in [-0.2, -0.15) is 0 Å². The van der Waals surface area contributed by atoms with Gasteiger partial charge in [0.05, 0.1) is 0 Å². The van der Waals surface area contributed by atoms with Gasteiger partial charge in [-0.25, -0.2) is 0 Å².